The number of hydrogen-bond donors (Lipinski definition) is 2. The number of aryl methyl sites for hydroxylation is 1. The molecule has 0 radical (unpaired) electrons. The number of benzene rings is 1. The van der Waals surface area contributed by atoms with Crippen molar-refractivity contribution in [2.75, 3.05) is 7.11 Å². The monoisotopic (exact) mass is 284 g/mol. The second-order valence-electron chi connectivity index (χ2n) is 5.42. The highest BCUT2D eigenvalue weighted by Crippen LogP contribution is 2.32. The third kappa shape index (κ3) is 3.16. The molecule has 2 N–H and O–H groups in total. The van der Waals surface area contributed by atoms with E-state index in [0.717, 1.165) is 24.9 Å². The summed E-state index contributed by atoms with van der Waals surface area (Å²) < 4.78 is 5.15. The van der Waals surface area contributed by atoms with E-state index in [4.69, 9.17) is 4.74 Å². The molecule has 0 bridgehead atoms. The fourth-order valence-electron chi connectivity index (χ4n) is 2.91. The molecule has 0 saturated heterocycles. The summed E-state index contributed by atoms with van der Waals surface area (Å²) in [7, 11) is 1.62. The standard InChI is InChI=1S/C17H20N2O2/c1-21-17-9-12(7-8-18-17)11-19-16-4-2-3-13-5-6-14(20)10-15(13)16/h5-10,16,19-20H,2-4,11H2,1H3. The zero-order chi connectivity index (χ0) is 14.7. The molecule has 0 fully saturated rings. The van der Waals surface area contributed by atoms with Gasteiger partial charge in [-0.05, 0) is 54.2 Å². The summed E-state index contributed by atoms with van der Waals surface area (Å²) in [5.41, 5.74) is 3.71. The average Bonchev–Trinajstić information content (AvgIpc) is 2.53. The largest absolute Gasteiger partial charge is 0.508 e. The number of hydrogen-bond acceptors (Lipinski definition) is 4. The van der Waals surface area contributed by atoms with Crippen LogP contribution < -0.4 is 10.1 Å². The molecule has 1 aromatic carbocycles. The smallest absolute Gasteiger partial charge is 0.213 e. The fraction of sp³-hybridized carbons (Fsp3) is 0.353. The van der Waals surface area contributed by atoms with Gasteiger partial charge in [0.1, 0.15) is 5.75 Å². The SMILES string of the molecule is COc1cc(CNC2CCCc3ccc(O)cc32)ccn1. The Morgan fingerprint density at radius 1 is 1.33 bits per heavy atom. The van der Waals surface area contributed by atoms with Crippen molar-refractivity contribution < 1.29 is 9.84 Å². The van der Waals surface area contributed by atoms with Gasteiger partial charge in [0.25, 0.3) is 0 Å². The molecule has 4 nitrogen and oxygen atoms in total. The topological polar surface area (TPSA) is 54.4 Å². The van der Waals surface area contributed by atoms with E-state index in [0.29, 0.717) is 17.7 Å². The van der Waals surface area contributed by atoms with Crippen molar-refractivity contribution in [1.82, 2.24) is 10.3 Å². The lowest BCUT2D eigenvalue weighted by atomic mass is 9.87. The van der Waals surface area contributed by atoms with E-state index in [2.05, 4.69) is 10.3 Å². The molecule has 21 heavy (non-hydrogen) atoms. The number of aromatic hydroxyl groups is 1. The number of methoxy groups -OCH3 is 1. The molecule has 4 heteroatoms. The fourth-order valence-corrected chi connectivity index (χ4v) is 2.91. The zero-order valence-electron chi connectivity index (χ0n) is 12.2. The summed E-state index contributed by atoms with van der Waals surface area (Å²) in [5.74, 6) is 0.976. The van der Waals surface area contributed by atoms with Crippen LogP contribution in [0.25, 0.3) is 0 Å². The van der Waals surface area contributed by atoms with E-state index in [1.54, 1.807) is 19.4 Å². The average molecular weight is 284 g/mol. The Morgan fingerprint density at radius 2 is 2.24 bits per heavy atom. The van der Waals surface area contributed by atoms with Crippen LogP contribution in [0.1, 0.15) is 35.6 Å². The third-order valence-corrected chi connectivity index (χ3v) is 4.00. The summed E-state index contributed by atoms with van der Waals surface area (Å²) in [4.78, 5) is 4.12. The van der Waals surface area contributed by atoms with Gasteiger partial charge in [0.15, 0.2) is 0 Å². The number of phenols is 1. The molecule has 1 aliphatic carbocycles. The predicted molar refractivity (Wildman–Crippen MR) is 81.4 cm³/mol. The van der Waals surface area contributed by atoms with Crippen molar-refractivity contribution in [3.8, 4) is 11.6 Å². The number of nitrogens with one attached hydrogen (secondary N) is 1. The minimum Gasteiger partial charge on any atom is -0.508 e. The van der Waals surface area contributed by atoms with Gasteiger partial charge in [0, 0.05) is 24.8 Å². The van der Waals surface area contributed by atoms with Crippen LogP contribution in [-0.4, -0.2) is 17.2 Å². The molecule has 110 valence electrons. The van der Waals surface area contributed by atoms with Crippen LogP contribution in [0.15, 0.2) is 36.5 Å². The molecule has 0 saturated carbocycles. The highest BCUT2D eigenvalue weighted by molar-refractivity contribution is 5.38. The van der Waals surface area contributed by atoms with Crippen molar-refractivity contribution in [1.29, 1.82) is 0 Å². The van der Waals surface area contributed by atoms with E-state index in [-0.39, 0.29) is 0 Å². The summed E-state index contributed by atoms with van der Waals surface area (Å²) >= 11 is 0. The molecule has 1 unspecified atom stereocenters. The van der Waals surface area contributed by atoms with E-state index in [1.807, 2.05) is 24.3 Å². The highest BCUT2D eigenvalue weighted by Gasteiger charge is 2.20. The lowest BCUT2D eigenvalue weighted by Gasteiger charge is -2.26. The van der Waals surface area contributed by atoms with Gasteiger partial charge in [0.05, 0.1) is 7.11 Å². The van der Waals surface area contributed by atoms with Crippen LogP contribution in [0.3, 0.4) is 0 Å². The van der Waals surface area contributed by atoms with Gasteiger partial charge in [-0.1, -0.05) is 6.07 Å². The molecule has 2 aromatic rings. The van der Waals surface area contributed by atoms with Crippen LogP contribution in [0.5, 0.6) is 11.6 Å². The Balaban J connectivity index is 1.73. The van der Waals surface area contributed by atoms with E-state index >= 15 is 0 Å². The summed E-state index contributed by atoms with van der Waals surface area (Å²) in [6, 6.07) is 9.92. The lowest BCUT2D eigenvalue weighted by Crippen LogP contribution is -2.24. The van der Waals surface area contributed by atoms with E-state index in [9.17, 15) is 5.11 Å². The Labute approximate surface area is 124 Å². The normalized spacial score (nSPS) is 17.3. The first-order valence-electron chi connectivity index (χ1n) is 7.30. The minimum absolute atomic E-state index is 0.292. The van der Waals surface area contributed by atoms with Crippen LogP contribution in [-0.2, 0) is 13.0 Å². The Kier molecular flexibility index (Phi) is 4.06. The molecule has 1 heterocycles. The predicted octanol–water partition coefficient (Wildman–Crippen LogP) is 2.96. The minimum atomic E-state index is 0.292. The molecule has 1 atom stereocenters. The van der Waals surface area contributed by atoms with Gasteiger partial charge >= 0.3 is 0 Å². The van der Waals surface area contributed by atoms with Crippen LogP contribution in [0.4, 0.5) is 0 Å². The number of fused-ring (bicyclic) bond motifs is 1. The van der Waals surface area contributed by atoms with Gasteiger partial charge in [0.2, 0.25) is 5.88 Å². The maximum atomic E-state index is 9.71. The summed E-state index contributed by atoms with van der Waals surface area (Å²) in [6.07, 6.45) is 5.13. The van der Waals surface area contributed by atoms with Crippen molar-refractivity contribution in [2.45, 2.75) is 31.8 Å². The van der Waals surface area contributed by atoms with Crippen molar-refractivity contribution in [2.24, 2.45) is 0 Å². The van der Waals surface area contributed by atoms with Gasteiger partial charge in [-0.15, -0.1) is 0 Å². The van der Waals surface area contributed by atoms with E-state index < -0.39 is 0 Å². The van der Waals surface area contributed by atoms with E-state index in [1.165, 1.54) is 17.5 Å². The van der Waals surface area contributed by atoms with Crippen molar-refractivity contribution in [3.63, 3.8) is 0 Å². The Hall–Kier alpha value is -2.07. The van der Waals surface area contributed by atoms with Crippen LogP contribution in [0, 0.1) is 0 Å². The summed E-state index contributed by atoms with van der Waals surface area (Å²) in [5, 5.41) is 13.3. The van der Waals surface area contributed by atoms with Crippen LogP contribution >= 0.6 is 0 Å². The van der Waals surface area contributed by atoms with Gasteiger partial charge in [-0.25, -0.2) is 4.98 Å². The van der Waals surface area contributed by atoms with Gasteiger partial charge < -0.3 is 15.2 Å². The molecule has 0 amide bonds. The van der Waals surface area contributed by atoms with Gasteiger partial charge in [-0.2, -0.15) is 0 Å². The molecular weight excluding hydrogens is 264 g/mol. The first-order valence-corrected chi connectivity index (χ1v) is 7.30. The zero-order valence-corrected chi connectivity index (χ0v) is 12.2. The number of aromatic nitrogens is 1. The number of pyridine rings is 1. The maximum absolute atomic E-state index is 9.71. The molecule has 1 aromatic heterocycles. The quantitative estimate of drug-likeness (QED) is 0.906. The lowest BCUT2D eigenvalue weighted by molar-refractivity contribution is 0.396. The van der Waals surface area contributed by atoms with Crippen molar-refractivity contribution in [3.05, 3.63) is 53.2 Å². The molecular formula is C17H20N2O2. The molecule has 0 spiro atoms. The Bertz CT molecular complexity index is 628. The van der Waals surface area contributed by atoms with Gasteiger partial charge in [-0.3, -0.25) is 0 Å². The summed E-state index contributed by atoms with van der Waals surface area (Å²) in [6.45, 7) is 0.763. The maximum Gasteiger partial charge on any atom is 0.213 e. The number of ether oxygens (including phenoxy) is 1. The molecule has 1 aliphatic rings. The first kappa shape index (κ1) is 13.9. The second-order valence-corrected chi connectivity index (χ2v) is 5.42. The second kappa shape index (κ2) is 6.14. The number of phenolic OH excluding ortho intramolecular Hbond substituents is 1. The first-order chi connectivity index (χ1) is 10.3. The Morgan fingerprint density at radius 3 is 3.10 bits per heavy atom. The van der Waals surface area contributed by atoms with Crippen molar-refractivity contribution >= 4 is 0 Å². The third-order valence-electron chi connectivity index (χ3n) is 4.00. The van der Waals surface area contributed by atoms with Crippen LogP contribution in [0.2, 0.25) is 0 Å². The molecule has 0 aliphatic heterocycles. The highest BCUT2D eigenvalue weighted by atomic mass is 16.5. The number of rotatable bonds is 4. The number of nitrogens with zero attached hydrogens (tertiary/aromatic N) is 1. The molecule has 3 rings (SSSR count).